The second-order valence-electron chi connectivity index (χ2n) is 6.58. The van der Waals surface area contributed by atoms with E-state index < -0.39 is 0 Å². The number of esters is 1. The number of carbonyl (C=O) groups excluding carboxylic acids is 3. The first-order valence-electron chi connectivity index (χ1n) is 9.92. The van der Waals surface area contributed by atoms with E-state index in [4.69, 9.17) is 10.6 Å². The van der Waals surface area contributed by atoms with Gasteiger partial charge in [0.1, 0.15) is 0 Å². The maximum absolute atomic E-state index is 12.2. The van der Waals surface area contributed by atoms with Crippen LogP contribution in [0.15, 0.2) is 53.6 Å². The Bertz CT molecular complexity index is 912. The lowest BCUT2D eigenvalue weighted by Crippen LogP contribution is -2.26. The molecule has 0 aliphatic heterocycles. The van der Waals surface area contributed by atoms with E-state index in [0.29, 0.717) is 24.4 Å². The van der Waals surface area contributed by atoms with Gasteiger partial charge >= 0.3 is 12.0 Å². The molecule has 2 aromatic carbocycles. The van der Waals surface area contributed by atoms with E-state index >= 15 is 0 Å². The Labute approximate surface area is 181 Å². The zero-order chi connectivity index (χ0) is 22.5. The Morgan fingerprint density at radius 1 is 1.03 bits per heavy atom. The SMILES string of the molecule is CCOC(=O)CCNC(=O)CCc1cccc(NC(=O)Nc2ccc(C=NN)cc2)c1. The molecular formula is C22H27N5O4. The van der Waals surface area contributed by atoms with Crippen molar-refractivity contribution >= 4 is 35.5 Å². The minimum absolute atomic E-state index is 0.150. The quantitative estimate of drug-likeness (QED) is 0.201. The van der Waals surface area contributed by atoms with Crippen LogP contribution in [-0.2, 0) is 20.7 Å². The van der Waals surface area contributed by atoms with Crippen molar-refractivity contribution < 1.29 is 19.1 Å². The van der Waals surface area contributed by atoms with Crippen molar-refractivity contribution in [1.29, 1.82) is 0 Å². The Morgan fingerprint density at radius 2 is 1.77 bits per heavy atom. The molecule has 0 fully saturated rings. The van der Waals surface area contributed by atoms with Crippen LogP contribution in [0.3, 0.4) is 0 Å². The number of nitrogens with one attached hydrogen (secondary N) is 3. The van der Waals surface area contributed by atoms with Crippen LogP contribution >= 0.6 is 0 Å². The zero-order valence-corrected chi connectivity index (χ0v) is 17.4. The van der Waals surface area contributed by atoms with Gasteiger partial charge in [-0.3, -0.25) is 9.59 Å². The second kappa shape index (κ2) is 12.6. The molecule has 0 saturated heterocycles. The minimum Gasteiger partial charge on any atom is -0.466 e. The Morgan fingerprint density at radius 3 is 2.48 bits per heavy atom. The second-order valence-corrected chi connectivity index (χ2v) is 6.58. The average molecular weight is 425 g/mol. The normalized spacial score (nSPS) is 10.5. The van der Waals surface area contributed by atoms with Gasteiger partial charge in [-0.1, -0.05) is 24.3 Å². The highest BCUT2D eigenvalue weighted by Crippen LogP contribution is 2.14. The number of urea groups is 1. The van der Waals surface area contributed by atoms with Crippen LogP contribution in [0.25, 0.3) is 0 Å². The van der Waals surface area contributed by atoms with Crippen molar-refractivity contribution in [3.05, 3.63) is 59.7 Å². The summed E-state index contributed by atoms with van der Waals surface area (Å²) in [6.07, 6.45) is 2.44. The third kappa shape index (κ3) is 8.99. The number of ether oxygens (including phenoxy) is 1. The zero-order valence-electron chi connectivity index (χ0n) is 17.4. The molecule has 5 N–H and O–H groups in total. The van der Waals surface area contributed by atoms with Crippen molar-refractivity contribution in [3.8, 4) is 0 Å². The topological polar surface area (TPSA) is 135 Å². The number of carbonyl (C=O) groups is 3. The molecule has 9 heteroatoms. The van der Waals surface area contributed by atoms with Crippen LogP contribution < -0.4 is 21.8 Å². The van der Waals surface area contributed by atoms with Gasteiger partial charge in [-0.2, -0.15) is 5.10 Å². The van der Waals surface area contributed by atoms with E-state index in [1.807, 2.05) is 18.2 Å². The molecule has 0 aliphatic carbocycles. The minimum atomic E-state index is -0.380. The molecule has 0 aliphatic rings. The van der Waals surface area contributed by atoms with Crippen molar-refractivity contribution in [2.45, 2.75) is 26.2 Å². The fraction of sp³-hybridized carbons (Fsp3) is 0.273. The van der Waals surface area contributed by atoms with E-state index in [1.165, 1.54) is 6.21 Å². The van der Waals surface area contributed by atoms with Gasteiger partial charge in [-0.25, -0.2) is 4.79 Å². The number of hydrogen-bond donors (Lipinski definition) is 4. The highest BCUT2D eigenvalue weighted by molar-refractivity contribution is 6.00. The number of benzene rings is 2. The lowest BCUT2D eigenvalue weighted by atomic mass is 10.1. The molecule has 9 nitrogen and oxygen atoms in total. The molecule has 0 saturated carbocycles. The molecule has 0 spiro atoms. The molecular weight excluding hydrogens is 398 g/mol. The molecule has 0 atom stereocenters. The van der Waals surface area contributed by atoms with Crippen molar-refractivity contribution in [2.24, 2.45) is 10.9 Å². The highest BCUT2D eigenvalue weighted by Gasteiger charge is 2.07. The summed E-state index contributed by atoms with van der Waals surface area (Å²) in [6.45, 7) is 2.31. The molecule has 0 heterocycles. The first-order chi connectivity index (χ1) is 15.0. The number of nitrogens with zero attached hydrogens (tertiary/aromatic N) is 1. The number of aryl methyl sites for hydroxylation is 1. The van der Waals surface area contributed by atoms with Gasteiger partial charge in [-0.15, -0.1) is 0 Å². The van der Waals surface area contributed by atoms with E-state index in [0.717, 1.165) is 11.1 Å². The number of nitrogens with two attached hydrogens (primary N) is 1. The molecule has 31 heavy (non-hydrogen) atoms. The van der Waals surface area contributed by atoms with Crippen LogP contribution in [0.5, 0.6) is 0 Å². The van der Waals surface area contributed by atoms with Crippen molar-refractivity contribution in [3.63, 3.8) is 0 Å². The maximum atomic E-state index is 12.2. The summed E-state index contributed by atoms with van der Waals surface area (Å²) in [5, 5.41) is 11.7. The Kier molecular flexibility index (Phi) is 9.54. The average Bonchev–Trinajstić information content (AvgIpc) is 2.74. The molecule has 0 bridgehead atoms. The summed E-state index contributed by atoms with van der Waals surface area (Å²) < 4.78 is 4.81. The van der Waals surface area contributed by atoms with Crippen LogP contribution in [-0.4, -0.2) is 37.3 Å². The first-order valence-corrected chi connectivity index (χ1v) is 9.92. The fourth-order valence-electron chi connectivity index (χ4n) is 2.72. The summed E-state index contributed by atoms with van der Waals surface area (Å²) in [6, 6.07) is 13.9. The van der Waals surface area contributed by atoms with Crippen LogP contribution in [0, 0.1) is 0 Å². The summed E-state index contributed by atoms with van der Waals surface area (Å²) in [5.41, 5.74) is 2.97. The largest absolute Gasteiger partial charge is 0.466 e. The molecule has 2 aromatic rings. The van der Waals surface area contributed by atoms with E-state index in [1.54, 1.807) is 37.3 Å². The van der Waals surface area contributed by atoms with Gasteiger partial charge in [0.2, 0.25) is 5.91 Å². The van der Waals surface area contributed by atoms with Crippen LogP contribution in [0.4, 0.5) is 16.2 Å². The van der Waals surface area contributed by atoms with Gasteiger partial charge in [0.25, 0.3) is 0 Å². The smallest absolute Gasteiger partial charge is 0.323 e. The fourth-order valence-corrected chi connectivity index (χ4v) is 2.72. The molecule has 0 aromatic heterocycles. The standard InChI is InChI=1S/C22H27N5O4/c1-2-31-21(29)12-13-24-20(28)11-8-16-4-3-5-19(14-16)27-22(30)26-18-9-6-17(7-10-18)15-25-23/h3-7,9-10,14-15H,2,8,11-13,23H2,1H3,(H,24,28)(H2,26,27,30). The molecule has 3 amide bonds. The maximum Gasteiger partial charge on any atom is 0.323 e. The molecule has 0 unspecified atom stereocenters. The lowest BCUT2D eigenvalue weighted by Gasteiger charge is -2.10. The monoisotopic (exact) mass is 425 g/mol. The summed E-state index contributed by atoms with van der Waals surface area (Å²) in [4.78, 5) is 35.4. The first kappa shape index (κ1) is 23.4. The van der Waals surface area contributed by atoms with Gasteiger partial charge < -0.3 is 26.5 Å². The summed E-state index contributed by atoms with van der Waals surface area (Å²) >= 11 is 0. The number of rotatable bonds is 10. The number of amides is 3. The van der Waals surface area contributed by atoms with E-state index in [2.05, 4.69) is 21.1 Å². The third-order valence-corrected chi connectivity index (χ3v) is 4.17. The van der Waals surface area contributed by atoms with Gasteiger partial charge in [0.05, 0.1) is 19.2 Å². The summed E-state index contributed by atoms with van der Waals surface area (Å²) in [7, 11) is 0. The van der Waals surface area contributed by atoms with Crippen LogP contribution in [0.2, 0.25) is 0 Å². The number of hydrazone groups is 1. The Hall–Kier alpha value is -3.88. The molecule has 164 valence electrons. The van der Waals surface area contributed by atoms with Gasteiger partial charge in [0.15, 0.2) is 0 Å². The predicted molar refractivity (Wildman–Crippen MR) is 120 cm³/mol. The lowest BCUT2D eigenvalue weighted by molar-refractivity contribution is -0.143. The molecule has 0 radical (unpaired) electrons. The highest BCUT2D eigenvalue weighted by atomic mass is 16.5. The van der Waals surface area contributed by atoms with Gasteiger partial charge in [0, 0.05) is 24.3 Å². The van der Waals surface area contributed by atoms with Gasteiger partial charge in [-0.05, 0) is 48.7 Å². The summed E-state index contributed by atoms with van der Waals surface area (Å²) in [5.74, 6) is 4.63. The number of hydrogen-bond acceptors (Lipinski definition) is 6. The Balaban J connectivity index is 1.78. The third-order valence-electron chi connectivity index (χ3n) is 4.17. The molecule has 2 rings (SSSR count). The van der Waals surface area contributed by atoms with E-state index in [9.17, 15) is 14.4 Å². The van der Waals surface area contributed by atoms with Crippen molar-refractivity contribution in [1.82, 2.24) is 5.32 Å². The van der Waals surface area contributed by atoms with E-state index in [-0.39, 0.29) is 37.3 Å². The van der Waals surface area contributed by atoms with Crippen molar-refractivity contribution in [2.75, 3.05) is 23.8 Å². The van der Waals surface area contributed by atoms with Crippen LogP contribution in [0.1, 0.15) is 30.9 Å². The predicted octanol–water partition coefficient (Wildman–Crippen LogP) is 2.63. The number of anilines is 2.